The molecule has 0 saturated carbocycles. The van der Waals surface area contributed by atoms with Crippen LogP contribution in [0.4, 0.5) is 0 Å². The Morgan fingerprint density at radius 3 is 2.42 bits per heavy atom. The lowest BCUT2D eigenvalue weighted by atomic mass is 9.95. The van der Waals surface area contributed by atoms with Crippen molar-refractivity contribution in [1.82, 2.24) is 4.90 Å². The first-order valence-electron chi connectivity index (χ1n) is 4.32. The van der Waals surface area contributed by atoms with Gasteiger partial charge in [0.25, 0.3) is 0 Å². The van der Waals surface area contributed by atoms with Crippen LogP contribution in [0.15, 0.2) is 5.16 Å². The van der Waals surface area contributed by atoms with Crippen LogP contribution < -0.4 is 5.73 Å². The molecule has 1 rings (SSSR count). The zero-order valence-electron chi connectivity index (χ0n) is 7.86. The average molecular weight is 171 g/mol. The maximum Gasteiger partial charge on any atom is 0.233 e. The summed E-state index contributed by atoms with van der Waals surface area (Å²) in [6, 6.07) is 0.371. The molecule has 0 radical (unpaired) electrons. The Bertz CT molecular complexity index is 193. The summed E-state index contributed by atoms with van der Waals surface area (Å²) in [7, 11) is 0. The Morgan fingerprint density at radius 1 is 1.50 bits per heavy atom. The van der Waals surface area contributed by atoms with Gasteiger partial charge in [0.2, 0.25) is 5.96 Å². The van der Waals surface area contributed by atoms with E-state index in [0.717, 1.165) is 6.54 Å². The van der Waals surface area contributed by atoms with Gasteiger partial charge in [0.05, 0.1) is 0 Å². The first-order valence-corrected chi connectivity index (χ1v) is 4.32. The number of rotatable bonds is 0. The molecule has 0 aromatic carbocycles. The van der Waals surface area contributed by atoms with Crippen molar-refractivity contribution in [3.05, 3.63) is 0 Å². The van der Waals surface area contributed by atoms with E-state index in [2.05, 4.69) is 25.9 Å². The summed E-state index contributed by atoms with van der Waals surface area (Å²) < 4.78 is 0. The molecule has 0 aromatic rings. The van der Waals surface area contributed by atoms with E-state index in [0.29, 0.717) is 17.9 Å². The number of oxime groups is 1. The van der Waals surface area contributed by atoms with Gasteiger partial charge >= 0.3 is 0 Å². The second-order valence-electron chi connectivity index (χ2n) is 3.69. The van der Waals surface area contributed by atoms with Gasteiger partial charge in [0.15, 0.2) is 0 Å². The number of nitrogens with two attached hydrogens (primary N) is 1. The zero-order valence-corrected chi connectivity index (χ0v) is 7.86. The highest BCUT2D eigenvalue weighted by Gasteiger charge is 2.34. The standard InChI is InChI=1S/C8H17N3O/c1-5-4-11(8(9)10-12)7(3)6(5)2/h5-7,12H,4H2,1-3H3,(H2,9,10). The van der Waals surface area contributed by atoms with Crippen molar-refractivity contribution in [2.75, 3.05) is 6.54 Å². The third kappa shape index (κ3) is 1.33. The third-order valence-electron chi connectivity index (χ3n) is 3.03. The van der Waals surface area contributed by atoms with E-state index in [9.17, 15) is 0 Å². The van der Waals surface area contributed by atoms with Crippen LogP contribution in [-0.4, -0.2) is 28.7 Å². The van der Waals surface area contributed by atoms with Crippen LogP contribution in [0.1, 0.15) is 20.8 Å². The highest BCUT2D eigenvalue weighted by Crippen LogP contribution is 2.28. The number of hydrogen-bond donors (Lipinski definition) is 2. The number of guanidine groups is 1. The van der Waals surface area contributed by atoms with Gasteiger partial charge in [-0.05, 0) is 18.8 Å². The van der Waals surface area contributed by atoms with Gasteiger partial charge < -0.3 is 15.8 Å². The lowest BCUT2D eigenvalue weighted by Gasteiger charge is -2.22. The molecular weight excluding hydrogens is 154 g/mol. The van der Waals surface area contributed by atoms with Crippen molar-refractivity contribution in [2.24, 2.45) is 22.7 Å². The summed E-state index contributed by atoms with van der Waals surface area (Å²) in [6.45, 7) is 7.37. The van der Waals surface area contributed by atoms with Crippen molar-refractivity contribution < 1.29 is 5.21 Å². The largest absolute Gasteiger partial charge is 0.408 e. The third-order valence-corrected chi connectivity index (χ3v) is 3.03. The van der Waals surface area contributed by atoms with Gasteiger partial charge in [-0.15, -0.1) is 0 Å². The smallest absolute Gasteiger partial charge is 0.233 e. The second-order valence-corrected chi connectivity index (χ2v) is 3.69. The SMILES string of the molecule is CC1CN(/C(N)=N/O)C(C)C1C. The first kappa shape index (κ1) is 9.16. The molecule has 1 aliphatic rings. The van der Waals surface area contributed by atoms with Gasteiger partial charge in [-0.2, -0.15) is 0 Å². The van der Waals surface area contributed by atoms with E-state index >= 15 is 0 Å². The van der Waals surface area contributed by atoms with E-state index in [-0.39, 0.29) is 5.96 Å². The van der Waals surface area contributed by atoms with E-state index in [1.165, 1.54) is 0 Å². The van der Waals surface area contributed by atoms with Gasteiger partial charge in [-0.25, -0.2) is 0 Å². The van der Waals surface area contributed by atoms with E-state index in [4.69, 9.17) is 10.9 Å². The van der Waals surface area contributed by atoms with E-state index in [1.54, 1.807) is 0 Å². The molecule has 1 fully saturated rings. The molecule has 3 N–H and O–H groups in total. The minimum absolute atomic E-state index is 0.235. The Kier molecular flexibility index (Phi) is 2.45. The van der Waals surface area contributed by atoms with Crippen molar-refractivity contribution >= 4 is 5.96 Å². The molecule has 4 heteroatoms. The molecule has 1 saturated heterocycles. The molecule has 1 heterocycles. The highest BCUT2D eigenvalue weighted by molar-refractivity contribution is 5.78. The fourth-order valence-electron chi connectivity index (χ4n) is 1.76. The molecule has 3 unspecified atom stereocenters. The van der Waals surface area contributed by atoms with Crippen molar-refractivity contribution in [3.63, 3.8) is 0 Å². The van der Waals surface area contributed by atoms with Crippen LogP contribution in [0, 0.1) is 11.8 Å². The first-order chi connectivity index (χ1) is 5.57. The monoisotopic (exact) mass is 171 g/mol. The molecule has 70 valence electrons. The van der Waals surface area contributed by atoms with Crippen LogP contribution in [0.5, 0.6) is 0 Å². The average Bonchev–Trinajstić information content (AvgIpc) is 2.32. The highest BCUT2D eigenvalue weighted by atomic mass is 16.4. The van der Waals surface area contributed by atoms with Crippen LogP contribution in [0.25, 0.3) is 0 Å². The molecule has 3 atom stereocenters. The summed E-state index contributed by atoms with van der Waals surface area (Å²) in [6.07, 6.45) is 0. The van der Waals surface area contributed by atoms with Crippen LogP contribution in [-0.2, 0) is 0 Å². The molecule has 1 aliphatic heterocycles. The molecule has 0 amide bonds. The molecular formula is C8H17N3O. The lowest BCUT2D eigenvalue weighted by molar-refractivity contribution is 0.290. The molecule has 0 spiro atoms. The normalized spacial score (nSPS) is 37.4. The Morgan fingerprint density at radius 2 is 2.08 bits per heavy atom. The Labute approximate surface area is 73.0 Å². The summed E-state index contributed by atoms with van der Waals surface area (Å²) in [5.41, 5.74) is 5.52. The maximum absolute atomic E-state index is 8.51. The Balaban J connectivity index is 2.71. The summed E-state index contributed by atoms with van der Waals surface area (Å²) in [5, 5.41) is 11.5. The predicted octanol–water partition coefficient (Wildman–Crippen LogP) is 0.667. The van der Waals surface area contributed by atoms with Gasteiger partial charge in [-0.1, -0.05) is 19.0 Å². The zero-order chi connectivity index (χ0) is 9.30. The predicted molar refractivity (Wildman–Crippen MR) is 47.9 cm³/mol. The van der Waals surface area contributed by atoms with E-state index in [1.807, 2.05) is 4.90 Å². The van der Waals surface area contributed by atoms with Crippen LogP contribution in [0.2, 0.25) is 0 Å². The van der Waals surface area contributed by atoms with Crippen molar-refractivity contribution in [3.8, 4) is 0 Å². The number of likely N-dealkylation sites (tertiary alicyclic amines) is 1. The summed E-state index contributed by atoms with van der Waals surface area (Å²) in [4.78, 5) is 1.94. The van der Waals surface area contributed by atoms with Gasteiger partial charge in [0, 0.05) is 12.6 Å². The van der Waals surface area contributed by atoms with Crippen LogP contribution >= 0.6 is 0 Å². The molecule has 12 heavy (non-hydrogen) atoms. The van der Waals surface area contributed by atoms with Crippen molar-refractivity contribution in [2.45, 2.75) is 26.8 Å². The van der Waals surface area contributed by atoms with Gasteiger partial charge in [-0.3, -0.25) is 0 Å². The van der Waals surface area contributed by atoms with Gasteiger partial charge in [0.1, 0.15) is 0 Å². The molecule has 0 bridgehead atoms. The van der Waals surface area contributed by atoms with Crippen LogP contribution in [0.3, 0.4) is 0 Å². The van der Waals surface area contributed by atoms with E-state index < -0.39 is 0 Å². The molecule has 4 nitrogen and oxygen atoms in total. The quantitative estimate of drug-likeness (QED) is 0.244. The molecule has 0 aliphatic carbocycles. The maximum atomic E-state index is 8.51. The minimum atomic E-state index is 0.235. The topological polar surface area (TPSA) is 61.8 Å². The summed E-state index contributed by atoms with van der Waals surface area (Å²) in [5.74, 6) is 1.45. The fraction of sp³-hybridized carbons (Fsp3) is 0.875. The summed E-state index contributed by atoms with van der Waals surface area (Å²) >= 11 is 0. The lowest BCUT2D eigenvalue weighted by Crippen LogP contribution is -2.40. The number of hydrogen-bond acceptors (Lipinski definition) is 2. The fourth-order valence-corrected chi connectivity index (χ4v) is 1.76. The molecule has 0 aromatic heterocycles. The van der Waals surface area contributed by atoms with Crippen molar-refractivity contribution in [1.29, 1.82) is 0 Å². The Hall–Kier alpha value is -0.930. The second kappa shape index (κ2) is 3.21. The minimum Gasteiger partial charge on any atom is -0.408 e. The number of nitrogens with zero attached hydrogens (tertiary/aromatic N) is 2.